The van der Waals surface area contributed by atoms with Crippen molar-refractivity contribution in [3.63, 3.8) is 0 Å². The average Bonchev–Trinajstić information content (AvgIpc) is 3.14. The lowest BCUT2D eigenvalue weighted by molar-refractivity contribution is -0.153. The van der Waals surface area contributed by atoms with E-state index in [2.05, 4.69) is 39.5 Å². The molecule has 1 aromatic heterocycles. The Balaban J connectivity index is 0.00000150. The summed E-state index contributed by atoms with van der Waals surface area (Å²) < 4.78 is 7.86. The summed E-state index contributed by atoms with van der Waals surface area (Å²) in [6.07, 6.45) is 3.29. The quantitative estimate of drug-likeness (QED) is 0.780. The number of morpholine rings is 1. The van der Waals surface area contributed by atoms with E-state index in [4.69, 9.17) is 4.74 Å². The minimum Gasteiger partial charge on any atom is -0.366 e. The number of piperazine rings is 1. The predicted molar refractivity (Wildman–Crippen MR) is 116 cm³/mol. The highest BCUT2D eigenvalue weighted by molar-refractivity contribution is 5.85. The molecule has 160 valence electrons. The zero-order valence-electron chi connectivity index (χ0n) is 16.6. The fourth-order valence-electron chi connectivity index (χ4n) is 3.92. The van der Waals surface area contributed by atoms with Crippen LogP contribution in [0.3, 0.4) is 0 Å². The topological polar surface area (TPSA) is 62.6 Å². The van der Waals surface area contributed by atoms with Gasteiger partial charge in [-0.3, -0.25) is 9.69 Å². The Kier molecular flexibility index (Phi) is 8.92. The number of rotatable bonds is 4. The van der Waals surface area contributed by atoms with E-state index in [1.54, 1.807) is 6.20 Å². The summed E-state index contributed by atoms with van der Waals surface area (Å²) in [5.74, 6) is 0.981. The molecule has 2 aliphatic heterocycles. The maximum atomic E-state index is 13.3. The maximum absolute atomic E-state index is 13.3. The number of nitrogens with zero attached hydrogens (tertiary/aromatic N) is 4. The van der Waals surface area contributed by atoms with E-state index < -0.39 is 6.10 Å². The number of hydrogen-bond acceptors (Lipinski definition) is 5. The monoisotopic (exact) mass is 441 g/mol. The van der Waals surface area contributed by atoms with Gasteiger partial charge < -0.3 is 19.5 Å². The summed E-state index contributed by atoms with van der Waals surface area (Å²) in [5.41, 5.74) is 1.26. The molecule has 29 heavy (non-hydrogen) atoms. The number of halogens is 2. The van der Waals surface area contributed by atoms with Crippen LogP contribution in [0.4, 0.5) is 0 Å². The number of benzene rings is 1. The van der Waals surface area contributed by atoms with E-state index in [0.29, 0.717) is 19.7 Å². The van der Waals surface area contributed by atoms with Crippen LogP contribution in [0, 0.1) is 0 Å². The lowest BCUT2D eigenvalue weighted by atomic mass is 10.1. The molecule has 7 nitrogen and oxygen atoms in total. The Morgan fingerprint density at radius 2 is 2.03 bits per heavy atom. The van der Waals surface area contributed by atoms with Crippen LogP contribution in [-0.2, 0) is 23.1 Å². The molecule has 1 aromatic carbocycles. The molecule has 3 heterocycles. The summed E-state index contributed by atoms with van der Waals surface area (Å²) in [4.78, 5) is 22.0. The van der Waals surface area contributed by atoms with Crippen molar-refractivity contribution >= 4 is 30.7 Å². The zero-order valence-corrected chi connectivity index (χ0v) is 18.2. The van der Waals surface area contributed by atoms with Crippen molar-refractivity contribution in [1.29, 1.82) is 0 Å². The zero-order chi connectivity index (χ0) is 18.6. The van der Waals surface area contributed by atoms with E-state index in [1.165, 1.54) is 5.56 Å². The van der Waals surface area contributed by atoms with E-state index in [-0.39, 0.29) is 36.8 Å². The normalized spacial score (nSPS) is 22.4. The number of aromatic nitrogens is 2. The number of nitrogens with one attached hydrogen (secondary N) is 1. The van der Waals surface area contributed by atoms with Crippen molar-refractivity contribution in [2.24, 2.45) is 7.05 Å². The average molecular weight is 442 g/mol. The van der Waals surface area contributed by atoms with E-state index in [1.807, 2.05) is 28.8 Å². The van der Waals surface area contributed by atoms with E-state index in [0.717, 1.165) is 32.0 Å². The summed E-state index contributed by atoms with van der Waals surface area (Å²) in [6, 6.07) is 10.3. The van der Waals surface area contributed by atoms with E-state index in [9.17, 15) is 4.79 Å². The molecule has 9 heteroatoms. The third-order valence-electron chi connectivity index (χ3n) is 5.36. The molecular weight excluding hydrogens is 413 g/mol. The van der Waals surface area contributed by atoms with Crippen LogP contribution >= 0.6 is 24.8 Å². The molecule has 2 fully saturated rings. The number of ether oxygens (including phenoxy) is 1. The first-order valence-corrected chi connectivity index (χ1v) is 9.58. The number of amides is 1. The van der Waals surface area contributed by atoms with Gasteiger partial charge in [0.15, 0.2) is 0 Å². The molecule has 2 atom stereocenters. The van der Waals surface area contributed by atoms with E-state index >= 15 is 0 Å². The van der Waals surface area contributed by atoms with Crippen molar-refractivity contribution in [2.45, 2.75) is 18.7 Å². The van der Waals surface area contributed by atoms with Crippen molar-refractivity contribution < 1.29 is 9.53 Å². The summed E-state index contributed by atoms with van der Waals surface area (Å²) in [6.45, 7) is 5.10. The second-order valence-corrected chi connectivity index (χ2v) is 7.23. The van der Waals surface area contributed by atoms with Gasteiger partial charge in [0.1, 0.15) is 18.0 Å². The predicted octanol–water partition coefficient (Wildman–Crippen LogP) is 1.64. The minimum atomic E-state index is -0.414. The summed E-state index contributed by atoms with van der Waals surface area (Å²) in [5, 5.41) is 3.38. The van der Waals surface area contributed by atoms with Gasteiger partial charge in [-0.05, 0) is 5.56 Å². The van der Waals surface area contributed by atoms with Crippen LogP contribution in [-0.4, -0.2) is 70.7 Å². The van der Waals surface area contributed by atoms with Gasteiger partial charge in [0.25, 0.3) is 5.91 Å². The van der Waals surface area contributed by atoms with Crippen molar-refractivity contribution in [3.8, 4) is 0 Å². The summed E-state index contributed by atoms with van der Waals surface area (Å²) >= 11 is 0. The van der Waals surface area contributed by atoms with Crippen LogP contribution in [0.5, 0.6) is 0 Å². The lowest BCUT2D eigenvalue weighted by Crippen LogP contribution is -2.56. The maximum Gasteiger partial charge on any atom is 0.253 e. The number of carbonyl (C=O) groups excluding carboxylic acids is 1. The number of aryl methyl sites for hydroxylation is 1. The Morgan fingerprint density at radius 1 is 1.24 bits per heavy atom. The smallest absolute Gasteiger partial charge is 0.253 e. The molecule has 0 saturated carbocycles. The van der Waals surface area contributed by atoms with Crippen LogP contribution in [0.2, 0.25) is 0 Å². The molecule has 2 aliphatic rings. The van der Waals surface area contributed by atoms with Gasteiger partial charge in [0.2, 0.25) is 0 Å². The Hall–Kier alpha value is -1.64. The standard InChI is InChI=1S/C20H27N5O2.2ClH/c1-23-9-8-22-19(23)17-13-21-7-10-25(17)20(26)18-15-24(11-12-27-18)14-16-5-3-2-4-6-16;;/h2-6,8-9,17-18,21H,7,10-15H2,1H3;2*1H. The number of hydrogen-bond donors (Lipinski definition) is 1. The Bertz CT molecular complexity index is 773. The van der Waals surface area contributed by atoms with Crippen LogP contribution in [0.25, 0.3) is 0 Å². The molecule has 0 radical (unpaired) electrons. The first kappa shape index (κ1) is 23.6. The van der Waals surface area contributed by atoms with Crippen LogP contribution < -0.4 is 5.32 Å². The highest BCUT2D eigenvalue weighted by Crippen LogP contribution is 2.23. The van der Waals surface area contributed by atoms with Crippen molar-refractivity contribution in [3.05, 3.63) is 54.1 Å². The molecule has 2 saturated heterocycles. The largest absolute Gasteiger partial charge is 0.366 e. The minimum absolute atomic E-state index is 0. The van der Waals surface area contributed by atoms with Gasteiger partial charge >= 0.3 is 0 Å². The third-order valence-corrected chi connectivity index (χ3v) is 5.36. The second kappa shape index (κ2) is 10.9. The molecule has 2 unspecified atom stereocenters. The third kappa shape index (κ3) is 5.49. The molecule has 0 spiro atoms. The highest BCUT2D eigenvalue weighted by Gasteiger charge is 2.36. The van der Waals surface area contributed by atoms with Crippen LogP contribution in [0.15, 0.2) is 42.7 Å². The first-order chi connectivity index (χ1) is 13.2. The van der Waals surface area contributed by atoms with Gasteiger partial charge in [-0.2, -0.15) is 0 Å². The molecular formula is C20H29Cl2N5O2. The Labute approximate surface area is 184 Å². The van der Waals surface area contributed by atoms with Gasteiger partial charge in [-0.15, -0.1) is 24.8 Å². The number of carbonyl (C=O) groups is 1. The second-order valence-electron chi connectivity index (χ2n) is 7.23. The van der Waals surface area contributed by atoms with Crippen LogP contribution in [0.1, 0.15) is 17.4 Å². The molecule has 1 amide bonds. The van der Waals surface area contributed by atoms with Crippen molar-refractivity contribution in [2.75, 3.05) is 39.3 Å². The fourth-order valence-corrected chi connectivity index (χ4v) is 3.92. The molecule has 1 N–H and O–H groups in total. The van der Waals surface area contributed by atoms with Gasteiger partial charge in [0, 0.05) is 58.7 Å². The molecule has 0 aliphatic carbocycles. The lowest BCUT2D eigenvalue weighted by Gasteiger charge is -2.40. The highest BCUT2D eigenvalue weighted by atomic mass is 35.5. The number of imidazole rings is 1. The van der Waals surface area contributed by atoms with Gasteiger partial charge in [0.05, 0.1) is 6.61 Å². The molecule has 4 rings (SSSR count). The SMILES string of the molecule is Cl.Cl.Cn1ccnc1C1CNCCN1C(=O)C1CN(Cc2ccccc2)CCO1. The summed E-state index contributed by atoms with van der Waals surface area (Å²) in [7, 11) is 1.97. The van der Waals surface area contributed by atoms with Crippen molar-refractivity contribution in [1.82, 2.24) is 24.7 Å². The first-order valence-electron chi connectivity index (χ1n) is 9.58. The van der Waals surface area contributed by atoms with Gasteiger partial charge in [-0.25, -0.2) is 4.98 Å². The molecule has 0 bridgehead atoms. The fraction of sp³-hybridized carbons (Fsp3) is 0.500. The molecule has 2 aromatic rings. The van der Waals surface area contributed by atoms with Gasteiger partial charge in [-0.1, -0.05) is 30.3 Å². The Morgan fingerprint density at radius 3 is 2.76 bits per heavy atom.